The predicted molar refractivity (Wildman–Crippen MR) is 184 cm³/mol. The van der Waals surface area contributed by atoms with Gasteiger partial charge in [0, 0.05) is 35.5 Å². The van der Waals surface area contributed by atoms with E-state index in [1.807, 2.05) is 36.4 Å². The predicted octanol–water partition coefficient (Wildman–Crippen LogP) is 8.13. The third-order valence-electron chi connectivity index (χ3n) is 7.06. The standard InChI is InChI=1S/C36H47N5O3S/c1-8-9-10-11-12-30(37)45-31(38)27-22-39-32(40-23-27)25-15-13-24(14-16-25)21-29(34(43)44-36(5,6)7)41-33(42)26-17-19-28(20-18-26)35(2,3)4/h13-20,22-23,29,37-38H,8-12,21H2,1-7H3,(H,41,42). The number of nitrogens with one attached hydrogen (secondary N) is 3. The first-order chi connectivity index (χ1) is 21.2. The molecule has 1 aromatic heterocycles. The van der Waals surface area contributed by atoms with Gasteiger partial charge in [0.2, 0.25) is 0 Å². The third kappa shape index (κ3) is 11.5. The second-order valence-electron chi connectivity index (χ2n) is 13.2. The van der Waals surface area contributed by atoms with Crippen LogP contribution < -0.4 is 5.32 Å². The fraction of sp³-hybridized carbons (Fsp3) is 0.444. The highest BCUT2D eigenvalue weighted by atomic mass is 32.2. The van der Waals surface area contributed by atoms with Crippen LogP contribution in [0.25, 0.3) is 11.4 Å². The summed E-state index contributed by atoms with van der Waals surface area (Å²) in [5.74, 6) is -0.334. The number of amides is 1. The van der Waals surface area contributed by atoms with Crippen molar-refractivity contribution in [1.82, 2.24) is 15.3 Å². The summed E-state index contributed by atoms with van der Waals surface area (Å²) < 4.78 is 5.64. The van der Waals surface area contributed by atoms with Crippen molar-refractivity contribution in [2.24, 2.45) is 0 Å². The number of rotatable bonds is 12. The van der Waals surface area contributed by atoms with Crippen LogP contribution in [0.5, 0.6) is 0 Å². The van der Waals surface area contributed by atoms with Gasteiger partial charge in [0.15, 0.2) is 5.82 Å². The van der Waals surface area contributed by atoms with Crippen LogP contribution in [-0.2, 0) is 21.4 Å². The van der Waals surface area contributed by atoms with Gasteiger partial charge in [0.05, 0.1) is 5.04 Å². The topological polar surface area (TPSA) is 129 Å². The molecule has 0 spiro atoms. The molecule has 0 saturated heterocycles. The molecule has 2 aromatic carbocycles. The van der Waals surface area contributed by atoms with Crippen LogP contribution in [0.3, 0.4) is 0 Å². The number of benzene rings is 2. The molecule has 3 aromatic rings. The second kappa shape index (κ2) is 15.9. The summed E-state index contributed by atoms with van der Waals surface area (Å²) >= 11 is 1.15. The van der Waals surface area contributed by atoms with Crippen molar-refractivity contribution in [2.75, 3.05) is 0 Å². The minimum absolute atomic E-state index is 0.0341. The van der Waals surface area contributed by atoms with Gasteiger partial charge in [-0.15, -0.1) is 0 Å². The molecule has 9 heteroatoms. The zero-order valence-corrected chi connectivity index (χ0v) is 28.4. The summed E-state index contributed by atoms with van der Waals surface area (Å²) in [6, 6.07) is 14.1. The zero-order valence-electron chi connectivity index (χ0n) is 27.6. The van der Waals surface area contributed by atoms with Crippen molar-refractivity contribution in [1.29, 1.82) is 10.8 Å². The number of hydrogen-bond donors (Lipinski definition) is 3. The maximum Gasteiger partial charge on any atom is 0.329 e. The normalized spacial score (nSPS) is 12.3. The summed E-state index contributed by atoms with van der Waals surface area (Å²) in [4.78, 5) is 35.2. The van der Waals surface area contributed by atoms with Gasteiger partial charge in [-0.2, -0.15) is 0 Å². The molecule has 0 fully saturated rings. The molecule has 0 bridgehead atoms. The van der Waals surface area contributed by atoms with Crippen molar-refractivity contribution in [3.63, 3.8) is 0 Å². The number of unbranched alkanes of at least 4 members (excludes halogenated alkanes) is 3. The van der Waals surface area contributed by atoms with Gasteiger partial charge in [-0.05, 0) is 62.3 Å². The Kier molecular flexibility index (Phi) is 12.6. The highest BCUT2D eigenvalue weighted by Crippen LogP contribution is 2.23. The van der Waals surface area contributed by atoms with Crippen molar-refractivity contribution in [2.45, 2.75) is 104 Å². The summed E-state index contributed by atoms with van der Waals surface area (Å²) in [6.45, 7) is 13.9. The Bertz CT molecular complexity index is 1460. The van der Waals surface area contributed by atoms with Gasteiger partial charge in [-0.25, -0.2) is 14.8 Å². The number of ether oxygens (including phenoxy) is 1. The van der Waals surface area contributed by atoms with Crippen LogP contribution >= 0.6 is 11.8 Å². The molecule has 1 heterocycles. The van der Waals surface area contributed by atoms with Gasteiger partial charge in [-0.3, -0.25) is 15.6 Å². The van der Waals surface area contributed by atoms with E-state index in [0.717, 1.165) is 47.7 Å². The minimum atomic E-state index is -0.880. The summed E-state index contributed by atoms with van der Waals surface area (Å²) in [7, 11) is 0. The largest absolute Gasteiger partial charge is 0.458 e. The number of nitrogens with zero attached hydrogens (tertiary/aromatic N) is 2. The molecule has 8 nitrogen and oxygen atoms in total. The third-order valence-corrected chi connectivity index (χ3v) is 7.95. The molecular weight excluding hydrogens is 582 g/mol. The van der Waals surface area contributed by atoms with Crippen LogP contribution in [0, 0.1) is 10.8 Å². The fourth-order valence-electron chi connectivity index (χ4n) is 4.49. The monoisotopic (exact) mass is 629 g/mol. The summed E-state index contributed by atoms with van der Waals surface area (Å²) in [6.07, 6.45) is 8.54. The SMILES string of the molecule is CCCCCCC(=N)SC(=N)c1cnc(-c2ccc(CC(NC(=O)c3ccc(C(C)(C)C)cc3)C(=O)OC(C)(C)C)cc2)nc1. The van der Waals surface area contributed by atoms with Crippen molar-refractivity contribution >= 4 is 33.7 Å². The molecule has 0 radical (unpaired) electrons. The van der Waals surface area contributed by atoms with E-state index >= 15 is 0 Å². The van der Waals surface area contributed by atoms with Crippen molar-refractivity contribution < 1.29 is 14.3 Å². The van der Waals surface area contributed by atoms with Crippen molar-refractivity contribution in [3.8, 4) is 11.4 Å². The van der Waals surface area contributed by atoms with E-state index in [0.29, 0.717) is 28.4 Å². The van der Waals surface area contributed by atoms with Gasteiger partial charge < -0.3 is 10.1 Å². The van der Waals surface area contributed by atoms with E-state index in [2.05, 4.69) is 43.0 Å². The maximum atomic E-state index is 13.2. The van der Waals surface area contributed by atoms with Crippen LogP contribution in [0.15, 0.2) is 60.9 Å². The number of esters is 1. The lowest BCUT2D eigenvalue weighted by Gasteiger charge is -2.25. The molecule has 240 valence electrons. The Morgan fingerprint density at radius 3 is 2.04 bits per heavy atom. The van der Waals surface area contributed by atoms with E-state index in [9.17, 15) is 9.59 Å². The Morgan fingerprint density at radius 2 is 1.49 bits per heavy atom. The van der Waals surface area contributed by atoms with Crippen molar-refractivity contribution in [3.05, 3.63) is 83.2 Å². The second-order valence-corrected chi connectivity index (χ2v) is 14.4. The smallest absolute Gasteiger partial charge is 0.329 e. The number of carbonyl (C=O) groups excluding carboxylic acids is 2. The van der Waals surface area contributed by atoms with Gasteiger partial charge in [0.1, 0.15) is 16.7 Å². The van der Waals surface area contributed by atoms with Gasteiger partial charge >= 0.3 is 5.97 Å². The Morgan fingerprint density at radius 1 is 0.867 bits per heavy atom. The van der Waals surface area contributed by atoms with E-state index < -0.39 is 17.6 Å². The maximum absolute atomic E-state index is 13.2. The lowest BCUT2D eigenvalue weighted by Crippen LogP contribution is -2.45. The molecule has 0 saturated carbocycles. The Labute approximate surface area is 272 Å². The number of thioether (sulfide) groups is 1. The van der Waals surface area contributed by atoms with E-state index in [4.69, 9.17) is 15.6 Å². The van der Waals surface area contributed by atoms with E-state index in [1.54, 1.807) is 45.3 Å². The lowest BCUT2D eigenvalue weighted by atomic mass is 9.86. The molecule has 1 amide bonds. The van der Waals surface area contributed by atoms with E-state index in [-0.39, 0.29) is 22.8 Å². The molecule has 0 aliphatic carbocycles. The Hall–Kier alpha value is -3.85. The quantitative estimate of drug-likeness (QED) is 0.0803. The molecule has 1 atom stereocenters. The molecule has 3 rings (SSSR count). The summed E-state index contributed by atoms with van der Waals surface area (Å²) in [5.41, 5.74) is 3.05. The molecule has 1 unspecified atom stereocenters. The summed E-state index contributed by atoms with van der Waals surface area (Å²) in [5, 5.41) is 20.1. The number of carbonyl (C=O) groups is 2. The first kappa shape index (κ1) is 35.6. The minimum Gasteiger partial charge on any atom is -0.458 e. The highest BCUT2D eigenvalue weighted by Gasteiger charge is 2.27. The van der Waals surface area contributed by atoms with Crippen LogP contribution in [0.2, 0.25) is 0 Å². The van der Waals surface area contributed by atoms with Gasteiger partial charge in [-0.1, -0.05) is 95.1 Å². The van der Waals surface area contributed by atoms with Crippen LogP contribution in [-0.4, -0.2) is 43.6 Å². The molecule has 0 aliphatic rings. The average molecular weight is 630 g/mol. The number of aromatic nitrogens is 2. The molecule has 0 aliphatic heterocycles. The van der Waals surface area contributed by atoms with Gasteiger partial charge in [0.25, 0.3) is 5.91 Å². The van der Waals surface area contributed by atoms with Crippen LogP contribution in [0.1, 0.15) is 108 Å². The first-order valence-electron chi connectivity index (χ1n) is 15.6. The highest BCUT2D eigenvalue weighted by molar-refractivity contribution is 8.26. The molecule has 45 heavy (non-hydrogen) atoms. The fourth-order valence-corrected chi connectivity index (χ4v) is 5.21. The molecule has 3 N–H and O–H groups in total. The molecular formula is C36H47N5O3S. The lowest BCUT2D eigenvalue weighted by molar-refractivity contribution is -0.157. The average Bonchev–Trinajstić information content (AvgIpc) is 2.98. The van der Waals surface area contributed by atoms with E-state index in [1.165, 1.54) is 6.42 Å². The zero-order chi connectivity index (χ0) is 33.2. The first-order valence-corrected chi connectivity index (χ1v) is 16.4. The Balaban J connectivity index is 1.68. The number of hydrogen-bond acceptors (Lipinski definition) is 8. The van der Waals surface area contributed by atoms with Crippen LogP contribution in [0.4, 0.5) is 0 Å².